The van der Waals surface area contributed by atoms with Gasteiger partial charge in [-0.15, -0.1) is 24.0 Å². The SMILES string of the molecule is CCNC(=NCCC(=O)Nc1cccc(C)n1)NC1CCCC(S(=O)CC)C1.I. The van der Waals surface area contributed by atoms with Gasteiger partial charge in [0, 0.05) is 46.5 Å². The van der Waals surface area contributed by atoms with Gasteiger partial charge in [0.05, 0.1) is 6.54 Å². The summed E-state index contributed by atoms with van der Waals surface area (Å²) in [7, 11) is -0.745. The van der Waals surface area contributed by atoms with E-state index < -0.39 is 10.8 Å². The second kappa shape index (κ2) is 13.9. The van der Waals surface area contributed by atoms with Crippen LogP contribution in [0.1, 0.15) is 51.6 Å². The van der Waals surface area contributed by atoms with Gasteiger partial charge in [0.25, 0.3) is 0 Å². The molecule has 0 saturated heterocycles. The molecule has 0 radical (unpaired) electrons. The molecule has 0 aromatic carbocycles. The van der Waals surface area contributed by atoms with Crippen LogP contribution in [-0.2, 0) is 15.6 Å². The number of nitrogens with zero attached hydrogens (tertiary/aromatic N) is 2. The van der Waals surface area contributed by atoms with Crippen molar-refractivity contribution in [2.75, 3.05) is 24.2 Å². The molecule has 1 aliphatic carbocycles. The van der Waals surface area contributed by atoms with Gasteiger partial charge in [0.15, 0.2) is 5.96 Å². The number of aromatic nitrogens is 1. The molecule has 164 valence electrons. The summed E-state index contributed by atoms with van der Waals surface area (Å²) in [6.07, 6.45) is 4.38. The number of anilines is 1. The van der Waals surface area contributed by atoms with Crippen LogP contribution in [0, 0.1) is 6.92 Å². The quantitative estimate of drug-likeness (QED) is 0.270. The van der Waals surface area contributed by atoms with E-state index in [1.165, 1.54) is 0 Å². The Bertz CT molecular complexity index is 701. The fourth-order valence-electron chi connectivity index (χ4n) is 3.35. The zero-order chi connectivity index (χ0) is 20.4. The number of nitrogens with one attached hydrogen (secondary N) is 3. The van der Waals surface area contributed by atoms with Crippen LogP contribution in [0.2, 0.25) is 0 Å². The highest BCUT2D eigenvalue weighted by atomic mass is 127. The molecule has 2 rings (SSSR count). The first kappa shape index (κ1) is 25.8. The van der Waals surface area contributed by atoms with Crippen molar-refractivity contribution in [3.05, 3.63) is 23.9 Å². The van der Waals surface area contributed by atoms with Crippen LogP contribution in [0.3, 0.4) is 0 Å². The van der Waals surface area contributed by atoms with Crippen molar-refractivity contribution < 1.29 is 9.00 Å². The first-order valence-electron chi connectivity index (χ1n) is 10.2. The Kier molecular flexibility index (Phi) is 12.4. The van der Waals surface area contributed by atoms with Crippen LogP contribution in [0.4, 0.5) is 5.82 Å². The maximum absolute atomic E-state index is 12.1. The van der Waals surface area contributed by atoms with Gasteiger partial charge < -0.3 is 16.0 Å². The lowest BCUT2D eigenvalue weighted by atomic mass is 9.95. The van der Waals surface area contributed by atoms with E-state index in [1.807, 2.05) is 32.9 Å². The monoisotopic (exact) mass is 535 g/mol. The van der Waals surface area contributed by atoms with E-state index in [-0.39, 0.29) is 41.2 Å². The van der Waals surface area contributed by atoms with Crippen molar-refractivity contribution in [3.8, 4) is 0 Å². The molecular formula is C20H34IN5O2S. The van der Waals surface area contributed by atoms with Gasteiger partial charge in [-0.2, -0.15) is 0 Å². The molecule has 0 aliphatic heterocycles. The molecule has 1 amide bonds. The van der Waals surface area contributed by atoms with E-state index in [4.69, 9.17) is 0 Å². The first-order valence-corrected chi connectivity index (χ1v) is 11.6. The van der Waals surface area contributed by atoms with Gasteiger partial charge in [-0.3, -0.25) is 14.0 Å². The predicted molar refractivity (Wildman–Crippen MR) is 131 cm³/mol. The molecule has 1 fully saturated rings. The molecule has 9 heteroatoms. The zero-order valence-electron chi connectivity index (χ0n) is 17.6. The number of hydrogen-bond donors (Lipinski definition) is 3. The van der Waals surface area contributed by atoms with Crippen molar-refractivity contribution in [1.29, 1.82) is 0 Å². The Balaban J connectivity index is 0.00000420. The Morgan fingerprint density at radius 2 is 2.10 bits per heavy atom. The Hall–Kier alpha value is -1.23. The molecule has 29 heavy (non-hydrogen) atoms. The number of halogens is 1. The maximum Gasteiger partial charge on any atom is 0.227 e. The highest BCUT2D eigenvalue weighted by molar-refractivity contribution is 14.0. The van der Waals surface area contributed by atoms with Crippen molar-refractivity contribution in [1.82, 2.24) is 15.6 Å². The van der Waals surface area contributed by atoms with Crippen LogP contribution in [-0.4, -0.2) is 51.2 Å². The van der Waals surface area contributed by atoms with Gasteiger partial charge in [-0.05, 0) is 45.2 Å². The third kappa shape index (κ3) is 9.41. The highest BCUT2D eigenvalue weighted by Crippen LogP contribution is 2.23. The van der Waals surface area contributed by atoms with Crippen molar-refractivity contribution in [3.63, 3.8) is 0 Å². The third-order valence-corrected chi connectivity index (χ3v) is 6.47. The summed E-state index contributed by atoms with van der Waals surface area (Å²) in [6.45, 7) is 7.03. The summed E-state index contributed by atoms with van der Waals surface area (Å²) in [4.78, 5) is 20.9. The van der Waals surface area contributed by atoms with E-state index in [0.29, 0.717) is 18.8 Å². The van der Waals surface area contributed by atoms with Crippen LogP contribution in [0.5, 0.6) is 0 Å². The van der Waals surface area contributed by atoms with E-state index in [9.17, 15) is 9.00 Å². The highest BCUT2D eigenvalue weighted by Gasteiger charge is 2.26. The number of rotatable bonds is 8. The van der Waals surface area contributed by atoms with Crippen LogP contribution < -0.4 is 16.0 Å². The van der Waals surface area contributed by atoms with Gasteiger partial charge in [0.2, 0.25) is 5.91 Å². The van der Waals surface area contributed by atoms with Crippen LogP contribution in [0.25, 0.3) is 0 Å². The molecule has 7 nitrogen and oxygen atoms in total. The van der Waals surface area contributed by atoms with Crippen LogP contribution >= 0.6 is 24.0 Å². The Morgan fingerprint density at radius 3 is 2.79 bits per heavy atom. The van der Waals surface area contributed by atoms with Gasteiger partial charge in [0.1, 0.15) is 5.82 Å². The molecule has 1 heterocycles. The molecule has 1 saturated carbocycles. The van der Waals surface area contributed by atoms with E-state index in [1.54, 1.807) is 6.07 Å². The molecule has 0 spiro atoms. The van der Waals surface area contributed by atoms with Crippen molar-refractivity contribution in [2.45, 2.75) is 64.2 Å². The minimum Gasteiger partial charge on any atom is -0.357 e. The van der Waals surface area contributed by atoms with E-state index >= 15 is 0 Å². The zero-order valence-corrected chi connectivity index (χ0v) is 20.7. The predicted octanol–water partition coefficient (Wildman–Crippen LogP) is 2.97. The number of aryl methyl sites for hydroxylation is 1. The lowest BCUT2D eigenvalue weighted by molar-refractivity contribution is -0.116. The number of amides is 1. The first-order chi connectivity index (χ1) is 13.5. The summed E-state index contributed by atoms with van der Waals surface area (Å²) in [5.74, 6) is 1.90. The number of carbonyl (C=O) groups excluding carboxylic acids is 1. The normalized spacial score (nSPS) is 20.3. The van der Waals surface area contributed by atoms with Crippen molar-refractivity contribution in [2.24, 2.45) is 4.99 Å². The fraction of sp³-hybridized carbons (Fsp3) is 0.650. The molecule has 1 aromatic heterocycles. The fourth-order valence-corrected chi connectivity index (χ4v) is 4.70. The minimum absolute atomic E-state index is 0. The summed E-state index contributed by atoms with van der Waals surface area (Å²) in [5.41, 5.74) is 0.865. The van der Waals surface area contributed by atoms with E-state index in [2.05, 4.69) is 25.9 Å². The lowest BCUT2D eigenvalue weighted by Crippen LogP contribution is -2.46. The third-order valence-electron chi connectivity index (χ3n) is 4.73. The molecular weight excluding hydrogens is 501 g/mol. The molecule has 3 atom stereocenters. The van der Waals surface area contributed by atoms with E-state index in [0.717, 1.165) is 49.6 Å². The molecule has 0 bridgehead atoms. The average Bonchev–Trinajstić information content (AvgIpc) is 2.67. The second-order valence-electron chi connectivity index (χ2n) is 7.02. The second-order valence-corrected chi connectivity index (χ2v) is 9.03. The maximum atomic E-state index is 12.1. The molecule has 1 aromatic rings. The van der Waals surface area contributed by atoms with Gasteiger partial charge >= 0.3 is 0 Å². The number of hydrogen-bond acceptors (Lipinski definition) is 4. The summed E-state index contributed by atoms with van der Waals surface area (Å²) in [6, 6.07) is 5.81. The van der Waals surface area contributed by atoms with Gasteiger partial charge in [-0.25, -0.2) is 4.98 Å². The van der Waals surface area contributed by atoms with Crippen molar-refractivity contribution >= 4 is 52.5 Å². The Morgan fingerprint density at radius 1 is 1.31 bits per heavy atom. The summed E-state index contributed by atoms with van der Waals surface area (Å²) >= 11 is 0. The standard InChI is InChI=1S/C20H33N5O2S.HI/c1-4-21-20(24-16-9-7-10-17(14-16)28(27)5-2)22-13-12-19(26)25-18-11-6-8-15(3)23-18;/h6,8,11,16-17H,4-5,7,9-10,12-14H2,1-3H3,(H2,21,22,24)(H,23,25,26);1H. The average molecular weight is 535 g/mol. The summed E-state index contributed by atoms with van der Waals surface area (Å²) < 4.78 is 12.1. The smallest absolute Gasteiger partial charge is 0.227 e. The van der Waals surface area contributed by atoms with Gasteiger partial charge in [-0.1, -0.05) is 19.4 Å². The largest absolute Gasteiger partial charge is 0.357 e. The Labute approximate surface area is 193 Å². The lowest BCUT2D eigenvalue weighted by Gasteiger charge is -2.30. The molecule has 3 unspecified atom stereocenters. The number of carbonyl (C=O) groups is 1. The minimum atomic E-state index is -0.745. The topological polar surface area (TPSA) is 95.5 Å². The number of guanidine groups is 1. The molecule has 1 aliphatic rings. The summed E-state index contributed by atoms with van der Waals surface area (Å²) in [5, 5.41) is 9.77. The number of pyridine rings is 1. The van der Waals surface area contributed by atoms with Crippen LogP contribution in [0.15, 0.2) is 23.2 Å². The molecule has 3 N–H and O–H groups in total. The number of aliphatic imine (C=N–C) groups is 1.